The van der Waals surface area contributed by atoms with Gasteiger partial charge in [0.2, 0.25) is 9.84 Å². The summed E-state index contributed by atoms with van der Waals surface area (Å²) in [4.78, 5) is 8.42. The lowest BCUT2D eigenvalue weighted by molar-refractivity contribution is 0.590. The van der Waals surface area contributed by atoms with Gasteiger partial charge in [-0.15, -0.1) is 0 Å². The molecule has 0 unspecified atom stereocenters. The molecule has 5 nitrogen and oxygen atoms in total. The minimum absolute atomic E-state index is 0.0394. The van der Waals surface area contributed by atoms with Crippen LogP contribution in [0.25, 0.3) is 11.0 Å². The second kappa shape index (κ2) is 5.95. The van der Waals surface area contributed by atoms with Crippen LogP contribution < -0.4 is 0 Å². The van der Waals surface area contributed by atoms with Crippen molar-refractivity contribution in [3.8, 4) is 6.07 Å². The fourth-order valence-electron chi connectivity index (χ4n) is 2.18. The molecule has 2 aromatic carbocycles. The fraction of sp³-hybridized carbons (Fsp3) is 0.0625. The van der Waals surface area contributed by atoms with Crippen molar-refractivity contribution in [3.05, 3.63) is 65.4 Å². The number of halogens is 1. The van der Waals surface area contributed by atoms with E-state index in [4.69, 9.17) is 11.6 Å². The number of nitrogens with zero attached hydrogens (tertiary/aromatic N) is 3. The van der Waals surface area contributed by atoms with Gasteiger partial charge in [-0.3, -0.25) is 0 Å². The molecule has 0 aliphatic heterocycles. The summed E-state index contributed by atoms with van der Waals surface area (Å²) < 4.78 is 25.4. The SMILES string of the molecule is N#C[C@@H](c1nc2ccccc2nc1Cl)S(=O)(=O)c1ccccc1. The van der Waals surface area contributed by atoms with Crippen LogP contribution in [0.2, 0.25) is 5.15 Å². The van der Waals surface area contributed by atoms with Crippen LogP contribution in [-0.2, 0) is 9.84 Å². The van der Waals surface area contributed by atoms with E-state index in [9.17, 15) is 13.7 Å². The number of hydrogen-bond donors (Lipinski definition) is 0. The second-order valence-electron chi connectivity index (χ2n) is 4.76. The molecule has 7 heteroatoms. The zero-order valence-electron chi connectivity index (χ0n) is 11.7. The molecule has 0 saturated carbocycles. The zero-order chi connectivity index (χ0) is 16.4. The fourth-order valence-corrected chi connectivity index (χ4v) is 3.90. The molecule has 0 bridgehead atoms. The van der Waals surface area contributed by atoms with Gasteiger partial charge in [-0.05, 0) is 24.3 Å². The summed E-state index contributed by atoms with van der Waals surface area (Å²) in [5.74, 6) is 0. The Balaban J connectivity index is 2.19. The van der Waals surface area contributed by atoms with E-state index in [-0.39, 0.29) is 15.7 Å². The van der Waals surface area contributed by atoms with Gasteiger partial charge < -0.3 is 0 Å². The van der Waals surface area contributed by atoms with Crippen LogP contribution >= 0.6 is 11.6 Å². The van der Waals surface area contributed by atoms with Crippen molar-refractivity contribution in [2.75, 3.05) is 0 Å². The van der Waals surface area contributed by atoms with E-state index in [0.29, 0.717) is 11.0 Å². The number of sulfone groups is 1. The molecule has 0 aliphatic carbocycles. The highest BCUT2D eigenvalue weighted by molar-refractivity contribution is 7.92. The van der Waals surface area contributed by atoms with E-state index in [1.165, 1.54) is 12.1 Å². The molecule has 23 heavy (non-hydrogen) atoms. The molecule has 0 radical (unpaired) electrons. The zero-order valence-corrected chi connectivity index (χ0v) is 13.3. The average molecular weight is 344 g/mol. The minimum atomic E-state index is -3.94. The maximum Gasteiger partial charge on any atom is 0.200 e. The summed E-state index contributed by atoms with van der Waals surface area (Å²) in [5, 5.41) is 7.81. The number of benzene rings is 2. The molecular weight excluding hydrogens is 334 g/mol. The number of hydrogen-bond acceptors (Lipinski definition) is 5. The Morgan fingerprint density at radius 3 is 2.13 bits per heavy atom. The van der Waals surface area contributed by atoms with Gasteiger partial charge in [0.15, 0.2) is 10.4 Å². The third-order valence-electron chi connectivity index (χ3n) is 3.30. The Labute approximate surface area is 138 Å². The quantitative estimate of drug-likeness (QED) is 0.728. The van der Waals surface area contributed by atoms with Gasteiger partial charge >= 0.3 is 0 Å². The number of aromatic nitrogens is 2. The maximum atomic E-state index is 12.7. The third-order valence-corrected chi connectivity index (χ3v) is 5.46. The molecule has 0 spiro atoms. The second-order valence-corrected chi connectivity index (χ2v) is 7.15. The molecule has 1 aromatic heterocycles. The van der Waals surface area contributed by atoms with Crippen LogP contribution in [0.15, 0.2) is 59.5 Å². The van der Waals surface area contributed by atoms with Crippen LogP contribution in [0.4, 0.5) is 0 Å². The highest BCUT2D eigenvalue weighted by atomic mass is 35.5. The van der Waals surface area contributed by atoms with Crippen molar-refractivity contribution < 1.29 is 8.42 Å². The topological polar surface area (TPSA) is 83.7 Å². The molecule has 0 amide bonds. The van der Waals surface area contributed by atoms with Crippen LogP contribution in [0.5, 0.6) is 0 Å². The Kier molecular flexibility index (Phi) is 3.99. The van der Waals surface area contributed by atoms with Crippen molar-refractivity contribution in [2.24, 2.45) is 0 Å². The Morgan fingerprint density at radius 1 is 0.957 bits per heavy atom. The monoisotopic (exact) mass is 343 g/mol. The molecule has 3 rings (SSSR count). The van der Waals surface area contributed by atoms with Crippen molar-refractivity contribution >= 4 is 32.5 Å². The van der Waals surface area contributed by atoms with E-state index >= 15 is 0 Å². The largest absolute Gasteiger partial charge is 0.245 e. The summed E-state index contributed by atoms with van der Waals surface area (Å²) >= 11 is 6.08. The predicted molar refractivity (Wildman–Crippen MR) is 86.5 cm³/mol. The van der Waals surface area contributed by atoms with Gasteiger partial charge in [0, 0.05) is 0 Å². The number of nitriles is 1. The smallest absolute Gasteiger partial charge is 0.200 e. The molecule has 114 valence electrons. The van der Waals surface area contributed by atoms with Crippen LogP contribution in [0, 0.1) is 11.3 Å². The van der Waals surface area contributed by atoms with Crippen molar-refractivity contribution in [1.82, 2.24) is 9.97 Å². The summed E-state index contributed by atoms with van der Waals surface area (Å²) in [6.07, 6.45) is 0. The van der Waals surface area contributed by atoms with Gasteiger partial charge in [0.1, 0.15) is 5.69 Å². The molecule has 1 atom stereocenters. The van der Waals surface area contributed by atoms with E-state index in [1.54, 1.807) is 48.5 Å². The van der Waals surface area contributed by atoms with E-state index in [1.807, 2.05) is 0 Å². The first-order valence-electron chi connectivity index (χ1n) is 6.65. The van der Waals surface area contributed by atoms with Gasteiger partial charge in [-0.25, -0.2) is 18.4 Å². The average Bonchev–Trinajstić information content (AvgIpc) is 2.56. The van der Waals surface area contributed by atoms with Crippen molar-refractivity contribution in [2.45, 2.75) is 10.1 Å². The molecule has 0 N–H and O–H groups in total. The third kappa shape index (κ3) is 2.77. The summed E-state index contributed by atoms with van der Waals surface area (Å²) in [5.41, 5.74) is 0.960. The van der Waals surface area contributed by atoms with Gasteiger partial charge in [0.25, 0.3) is 0 Å². The lowest BCUT2D eigenvalue weighted by atomic mass is 10.2. The maximum absolute atomic E-state index is 12.7. The Bertz CT molecular complexity index is 1010. The molecular formula is C16H10ClN3O2S. The van der Waals surface area contributed by atoms with E-state index in [2.05, 4.69) is 9.97 Å². The van der Waals surface area contributed by atoms with E-state index < -0.39 is 15.1 Å². The van der Waals surface area contributed by atoms with Gasteiger partial charge in [-0.2, -0.15) is 5.26 Å². The molecule has 1 heterocycles. The summed E-state index contributed by atoms with van der Waals surface area (Å²) in [7, 11) is -3.94. The van der Waals surface area contributed by atoms with Gasteiger partial charge in [-0.1, -0.05) is 41.9 Å². The summed E-state index contributed by atoms with van der Waals surface area (Å²) in [6, 6.07) is 16.5. The molecule has 0 saturated heterocycles. The van der Waals surface area contributed by atoms with Crippen molar-refractivity contribution in [3.63, 3.8) is 0 Å². The Morgan fingerprint density at radius 2 is 1.52 bits per heavy atom. The Hall–Kier alpha value is -2.49. The minimum Gasteiger partial charge on any atom is -0.245 e. The number of para-hydroxylation sites is 2. The summed E-state index contributed by atoms with van der Waals surface area (Å²) in [6.45, 7) is 0. The number of rotatable bonds is 3. The van der Waals surface area contributed by atoms with Crippen LogP contribution in [-0.4, -0.2) is 18.4 Å². The highest BCUT2D eigenvalue weighted by Gasteiger charge is 2.32. The highest BCUT2D eigenvalue weighted by Crippen LogP contribution is 2.31. The lowest BCUT2D eigenvalue weighted by Crippen LogP contribution is -2.14. The predicted octanol–water partition coefficient (Wildman–Crippen LogP) is 3.32. The van der Waals surface area contributed by atoms with Crippen molar-refractivity contribution in [1.29, 1.82) is 5.26 Å². The first-order valence-corrected chi connectivity index (χ1v) is 8.57. The van der Waals surface area contributed by atoms with E-state index in [0.717, 1.165) is 0 Å². The lowest BCUT2D eigenvalue weighted by Gasteiger charge is -2.12. The molecule has 0 fully saturated rings. The first kappa shape index (κ1) is 15.4. The standard InChI is InChI=1S/C16H10ClN3O2S/c17-16-15(19-12-8-4-5-9-13(12)20-16)14(10-18)23(21,22)11-6-2-1-3-7-11/h1-9,14H/t14-/m0/s1. The van der Waals surface area contributed by atoms with Crippen LogP contribution in [0.3, 0.4) is 0 Å². The van der Waals surface area contributed by atoms with Gasteiger partial charge in [0.05, 0.1) is 22.0 Å². The first-order chi connectivity index (χ1) is 11.0. The normalized spacial score (nSPS) is 12.7. The molecule has 0 aliphatic rings. The number of fused-ring (bicyclic) bond motifs is 1. The van der Waals surface area contributed by atoms with Crippen LogP contribution in [0.1, 0.15) is 10.9 Å². The molecule has 3 aromatic rings.